The Labute approximate surface area is 129 Å². The van der Waals surface area contributed by atoms with Gasteiger partial charge >= 0.3 is 0 Å². The lowest BCUT2D eigenvalue weighted by molar-refractivity contribution is 0.603. The Bertz CT molecular complexity index is 751. The van der Waals surface area contributed by atoms with E-state index in [-0.39, 0.29) is 0 Å². The van der Waals surface area contributed by atoms with Crippen LogP contribution in [0.25, 0.3) is 0 Å². The smallest absolute Gasteiger partial charge is 0.271 e. The van der Waals surface area contributed by atoms with Crippen molar-refractivity contribution in [2.24, 2.45) is 0 Å². The van der Waals surface area contributed by atoms with Crippen molar-refractivity contribution in [1.82, 2.24) is 0 Å². The fourth-order valence-electron chi connectivity index (χ4n) is 2.44. The van der Waals surface area contributed by atoms with Gasteiger partial charge in [0.1, 0.15) is 4.21 Å². The van der Waals surface area contributed by atoms with Crippen LogP contribution in [-0.4, -0.2) is 15.0 Å². The maximum atomic E-state index is 12.4. The summed E-state index contributed by atoms with van der Waals surface area (Å²) in [6, 6.07) is 9.22. The largest absolute Gasteiger partial charge is 0.385 e. The number of anilines is 2. The quantitative estimate of drug-likeness (QED) is 0.906. The van der Waals surface area contributed by atoms with E-state index in [1.165, 1.54) is 16.9 Å². The van der Waals surface area contributed by atoms with Crippen molar-refractivity contribution in [3.63, 3.8) is 0 Å². The highest BCUT2D eigenvalue weighted by Crippen LogP contribution is 2.28. The van der Waals surface area contributed by atoms with E-state index in [4.69, 9.17) is 0 Å². The molecule has 0 bridgehead atoms. The molecule has 0 unspecified atom stereocenters. The van der Waals surface area contributed by atoms with Crippen LogP contribution in [0.5, 0.6) is 0 Å². The van der Waals surface area contributed by atoms with Gasteiger partial charge in [0.2, 0.25) is 0 Å². The molecule has 2 aromatic rings. The van der Waals surface area contributed by atoms with Crippen LogP contribution in [0, 0.1) is 0 Å². The van der Waals surface area contributed by atoms with E-state index < -0.39 is 10.0 Å². The van der Waals surface area contributed by atoms with Crippen molar-refractivity contribution >= 4 is 32.7 Å². The van der Waals surface area contributed by atoms with E-state index in [2.05, 4.69) is 10.0 Å². The minimum absolute atomic E-state index is 0.371. The summed E-state index contributed by atoms with van der Waals surface area (Å²) in [5.74, 6) is 0. The molecule has 1 aliphatic rings. The molecule has 2 heterocycles. The van der Waals surface area contributed by atoms with Gasteiger partial charge in [-0.05, 0) is 55.2 Å². The average Bonchev–Trinajstić information content (AvgIpc) is 2.96. The molecule has 0 aliphatic carbocycles. The summed E-state index contributed by atoms with van der Waals surface area (Å²) in [7, 11) is -3.48. The third kappa shape index (κ3) is 3.06. The van der Waals surface area contributed by atoms with Crippen LogP contribution in [0.2, 0.25) is 0 Å². The maximum Gasteiger partial charge on any atom is 0.271 e. The lowest BCUT2D eigenvalue weighted by Gasteiger charge is -2.18. The van der Waals surface area contributed by atoms with E-state index >= 15 is 0 Å². The van der Waals surface area contributed by atoms with E-state index in [1.54, 1.807) is 6.07 Å². The van der Waals surface area contributed by atoms with Crippen LogP contribution in [-0.2, 0) is 22.9 Å². The summed E-state index contributed by atoms with van der Waals surface area (Å²) in [5, 5.41) is 3.32. The summed E-state index contributed by atoms with van der Waals surface area (Å²) in [6.45, 7) is 3.00. The molecule has 1 aliphatic heterocycles. The summed E-state index contributed by atoms with van der Waals surface area (Å²) in [4.78, 5) is 1.07. The molecule has 112 valence electrons. The zero-order chi connectivity index (χ0) is 14.9. The molecule has 4 nitrogen and oxygen atoms in total. The molecule has 6 heteroatoms. The molecule has 0 spiro atoms. The number of benzene rings is 1. The second-order valence-corrected chi connectivity index (χ2v) is 8.16. The Kier molecular flexibility index (Phi) is 3.91. The van der Waals surface area contributed by atoms with Gasteiger partial charge in [0, 0.05) is 22.8 Å². The predicted molar refractivity (Wildman–Crippen MR) is 87.8 cm³/mol. The minimum atomic E-state index is -3.48. The van der Waals surface area contributed by atoms with Gasteiger partial charge in [-0.1, -0.05) is 6.92 Å². The van der Waals surface area contributed by atoms with Gasteiger partial charge in [0.25, 0.3) is 10.0 Å². The molecular weight excluding hydrogens is 304 g/mol. The van der Waals surface area contributed by atoms with Gasteiger partial charge < -0.3 is 5.32 Å². The van der Waals surface area contributed by atoms with Gasteiger partial charge in [-0.15, -0.1) is 11.3 Å². The SMILES string of the molecule is CCc1ccc(S(=O)(=O)Nc2ccc3c(c2)CCCN3)s1. The van der Waals surface area contributed by atoms with Gasteiger partial charge in [0.15, 0.2) is 0 Å². The number of hydrogen-bond donors (Lipinski definition) is 2. The summed E-state index contributed by atoms with van der Waals surface area (Å²) in [6.07, 6.45) is 2.91. The summed E-state index contributed by atoms with van der Waals surface area (Å²) in [5.41, 5.74) is 2.90. The normalized spacial score (nSPS) is 14.3. The maximum absolute atomic E-state index is 12.4. The van der Waals surface area contributed by atoms with E-state index in [0.29, 0.717) is 9.90 Å². The number of sulfonamides is 1. The Morgan fingerprint density at radius 1 is 1.29 bits per heavy atom. The second kappa shape index (κ2) is 5.69. The fraction of sp³-hybridized carbons (Fsp3) is 0.333. The molecule has 2 N–H and O–H groups in total. The Hall–Kier alpha value is -1.53. The van der Waals surface area contributed by atoms with Crippen LogP contribution < -0.4 is 10.0 Å². The Morgan fingerprint density at radius 3 is 2.90 bits per heavy atom. The number of rotatable bonds is 4. The van der Waals surface area contributed by atoms with Gasteiger partial charge in [-0.25, -0.2) is 8.42 Å². The summed E-state index contributed by atoms with van der Waals surface area (Å²) < 4.78 is 27.8. The van der Waals surface area contributed by atoms with Gasteiger partial charge in [0.05, 0.1) is 0 Å². The van der Waals surface area contributed by atoms with Crippen LogP contribution in [0.15, 0.2) is 34.5 Å². The number of aryl methyl sites for hydroxylation is 2. The second-order valence-electron chi connectivity index (χ2n) is 5.08. The lowest BCUT2D eigenvalue weighted by atomic mass is 10.0. The van der Waals surface area contributed by atoms with Crippen LogP contribution in [0.4, 0.5) is 11.4 Å². The zero-order valence-electron chi connectivity index (χ0n) is 11.8. The number of hydrogen-bond acceptors (Lipinski definition) is 4. The van der Waals surface area contributed by atoms with Crippen molar-refractivity contribution in [2.75, 3.05) is 16.6 Å². The molecule has 1 aromatic heterocycles. The van der Waals surface area contributed by atoms with Crippen molar-refractivity contribution in [1.29, 1.82) is 0 Å². The number of fused-ring (bicyclic) bond motifs is 1. The molecule has 0 atom stereocenters. The number of thiophene rings is 1. The van der Waals surface area contributed by atoms with Crippen LogP contribution >= 0.6 is 11.3 Å². The molecule has 0 fully saturated rings. The number of nitrogens with one attached hydrogen (secondary N) is 2. The predicted octanol–water partition coefficient (Wildman–Crippen LogP) is 3.47. The van der Waals surface area contributed by atoms with Gasteiger partial charge in [-0.2, -0.15) is 0 Å². The van der Waals surface area contributed by atoms with Crippen molar-refractivity contribution in [3.05, 3.63) is 40.8 Å². The average molecular weight is 322 g/mol. The topological polar surface area (TPSA) is 58.2 Å². The van der Waals surface area contributed by atoms with E-state index in [0.717, 1.165) is 36.4 Å². The van der Waals surface area contributed by atoms with E-state index in [9.17, 15) is 8.42 Å². The molecular formula is C15H18N2O2S2. The van der Waals surface area contributed by atoms with Gasteiger partial charge in [-0.3, -0.25) is 4.72 Å². The minimum Gasteiger partial charge on any atom is -0.385 e. The van der Waals surface area contributed by atoms with Crippen LogP contribution in [0.3, 0.4) is 0 Å². The first-order valence-corrected chi connectivity index (χ1v) is 9.37. The highest BCUT2D eigenvalue weighted by molar-refractivity contribution is 7.94. The van der Waals surface area contributed by atoms with Crippen molar-refractivity contribution in [2.45, 2.75) is 30.4 Å². The first-order chi connectivity index (χ1) is 10.1. The summed E-state index contributed by atoms with van der Waals surface area (Å²) >= 11 is 1.33. The zero-order valence-corrected chi connectivity index (χ0v) is 13.5. The molecule has 21 heavy (non-hydrogen) atoms. The molecule has 3 rings (SSSR count). The monoisotopic (exact) mass is 322 g/mol. The fourth-order valence-corrected chi connectivity index (χ4v) is 4.78. The Balaban J connectivity index is 1.85. The molecule has 0 saturated heterocycles. The standard InChI is InChI=1S/C15H18N2O2S2/c1-2-13-6-8-15(20-13)21(18,19)17-12-5-7-14-11(10-12)4-3-9-16-14/h5-8,10,16-17H,2-4,9H2,1H3. The Morgan fingerprint density at radius 2 is 2.14 bits per heavy atom. The highest BCUT2D eigenvalue weighted by Gasteiger charge is 2.18. The molecule has 0 amide bonds. The van der Waals surface area contributed by atoms with Crippen molar-refractivity contribution in [3.8, 4) is 0 Å². The third-order valence-electron chi connectivity index (χ3n) is 3.55. The first kappa shape index (κ1) is 14.4. The van der Waals surface area contributed by atoms with E-state index in [1.807, 2.05) is 31.2 Å². The first-order valence-electron chi connectivity index (χ1n) is 7.07. The van der Waals surface area contributed by atoms with Crippen molar-refractivity contribution < 1.29 is 8.42 Å². The lowest BCUT2D eigenvalue weighted by Crippen LogP contribution is -2.14. The highest BCUT2D eigenvalue weighted by atomic mass is 32.2. The third-order valence-corrected chi connectivity index (χ3v) is 6.65. The molecule has 0 radical (unpaired) electrons. The molecule has 0 saturated carbocycles. The van der Waals surface area contributed by atoms with Crippen LogP contribution in [0.1, 0.15) is 23.8 Å². The molecule has 1 aromatic carbocycles.